The lowest BCUT2D eigenvalue weighted by atomic mass is 10.1. The van der Waals surface area contributed by atoms with Crippen LogP contribution < -0.4 is 11.1 Å². The van der Waals surface area contributed by atoms with Gasteiger partial charge in [-0.3, -0.25) is 4.79 Å². The lowest BCUT2D eigenvalue weighted by molar-refractivity contribution is 0.0931. The maximum Gasteiger partial charge on any atom is 0.273 e. The summed E-state index contributed by atoms with van der Waals surface area (Å²) in [5.41, 5.74) is 6.35. The molecular formula is C13H19N5O2. The molecule has 108 valence electrons. The molecule has 2 rings (SSSR count). The van der Waals surface area contributed by atoms with Crippen molar-refractivity contribution in [1.82, 2.24) is 20.3 Å². The van der Waals surface area contributed by atoms with Gasteiger partial charge in [-0.15, -0.1) is 0 Å². The Labute approximate surface area is 117 Å². The van der Waals surface area contributed by atoms with Gasteiger partial charge in [0.25, 0.3) is 5.91 Å². The van der Waals surface area contributed by atoms with Crippen molar-refractivity contribution in [2.75, 3.05) is 5.73 Å². The van der Waals surface area contributed by atoms with E-state index in [1.807, 2.05) is 6.92 Å². The fraction of sp³-hybridized carbons (Fsp3) is 0.462. The highest BCUT2D eigenvalue weighted by atomic mass is 16.3. The Morgan fingerprint density at radius 3 is 2.85 bits per heavy atom. The van der Waals surface area contributed by atoms with Crippen molar-refractivity contribution in [2.24, 2.45) is 5.92 Å². The number of nitrogen functional groups attached to an aromatic ring is 1. The van der Waals surface area contributed by atoms with Crippen LogP contribution in [0.4, 0.5) is 5.82 Å². The average Bonchev–Trinajstić information content (AvgIpc) is 2.95. The molecule has 0 aromatic carbocycles. The Morgan fingerprint density at radius 2 is 2.25 bits per heavy atom. The SMILES string of the molecule is CC(C)CC(C)NC(=O)c1coc(-c2[nH]cnc2N)n1. The number of imidazole rings is 1. The zero-order valence-corrected chi connectivity index (χ0v) is 11.8. The number of carbonyl (C=O) groups is 1. The van der Waals surface area contributed by atoms with Gasteiger partial charge in [0.15, 0.2) is 11.5 Å². The molecule has 2 aromatic rings. The average molecular weight is 277 g/mol. The van der Waals surface area contributed by atoms with Gasteiger partial charge in [-0.2, -0.15) is 0 Å². The number of oxazole rings is 1. The summed E-state index contributed by atoms with van der Waals surface area (Å²) in [5, 5.41) is 2.88. The second-order valence-corrected chi connectivity index (χ2v) is 5.20. The molecule has 1 atom stereocenters. The number of H-pyrrole nitrogens is 1. The topological polar surface area (TPSA) is 110 Å². The van der Waals surface area contributed by atoms with Crippen molar-refractivity contribution in [2.45, 2.75) is 33.2 Å². The molecule has 0 saturated carbocycles. The van der Waals surface area contributed by atoms with Gasteiger partial charge in [0.1, 0.15) is 12.0 Å². The van der Waals surface area contributed by atoms with Gasteiger partial charge in [0.05, 0.1) is 6.33 Å². The van der Waals surface area contributed by atoms with E-state index in [2.05, 4.69) is 34.1 Å². The van der Waals surface area contributed by atoms with Crippen LogP contribution in [-0.4, -0.2) is 26.9 Å². The molecule has 0 spiro atoms. The van der Waals surface area contributed by atoms with Crippen molar-refractivity contribution in [3.8, 4) is 11.6 Å². The van der Waals surface area contributed by atoms with Crippen molar-refractivity contribution < 1.29 is 9.21 Å². The van der Waals surface area contributed by atoms with Crippen molar-refractivity contribution >= 4 is 11.7 Å². The monoisotopic (exact) mass is 277 g/mol. The van der Waals surface area contributed by atoms with E-state index in [-0.39, 0.29) is 29.4 Å². The van der Waals surface area contributed by atoms with E-state index in [9.17, 15) is 4.79 Å². The maximum absolute atomic E-state index is 12.0. The quantitative estimate of drug-likeness (QED) is 0.772. The summed E-state index contributed by atoms with van der Waals surface area (Å²) in [6, 6.07) is 0.0832. The minimum atomic E-state index is -0.258. The molecule has 2 heterocycles. The van der Waals surface area contributed by atoms with Crippen LogP contribution in [-0.2, 0) is 0 Å². The van der Waals surface area contributed by atoms with Gasteiger partial charge in [-0.1, -0.05) is 13.8 Å². The molecule has 1 amide bonds. The summed E-state index contributed by atoms with van der Waals surface area (Å²) < 4.78 is 5.25. The van der Waals surface area contributed by atoms with Crippen LogP contribution in [0.25, 0.3) is 11.6 Å². The number of carbonyl (C=O) groups excluding carboxylic acids is 1. The van der Waals surface area contributed by atoms with Gasteiger partial charge >= 0.3 is 0 Å². The largest absolute Gasteiger partial charge is 0.442 e. The van der Waals surface area contributed by atoms with E-state index in [1.165, 1.54) is 12.6 Å². The van der Waals surface area contributed by atoms with Crippen LogP contribution in [0.3, 0.4) is 0 Å². The predicted molar refractivity (Wildman–Crippen MR) is 74.9 cm³/mol. The van der Waals surface area contributed by atoms with Crippen LogP contribution in [0.15, 0.2) is 17.0 Å². The Bertz CT molecular complexity index is 587. The number of nitrogens with one attached hydrogen (secondary N) is 2. The van der Waals surface area contributed by atoms with Gasteiger partial charge in [-0.25, -0.2) is 9.97 Å². The fourth-order valence-electron chi connectivity index (χ4n) is 2.03. The molecular weight excluding hydrogens is 258 g/mol. The second kappa shape index (κ2) is 5.77. The van der Waals surface area contributed by atoms with E-state index in [0.29, 0.717) is 11.6 Å². The van der Waals surface area contributed by atoms with E-state index < -0.39 is 0 Å². The Kier molecular flexibility index (Phi) is 4.07. The maximum atomic E-state index is 12.0. The smallest absolute Gasteiger partial charge is 0.273 e. The number of nitrogens with zero attached hydrogens (tertiary/aromatic N) is 2. The number of hydrogen-bond donors (Lipinski definition) is 3. The Balaban J connectivity index is 2.05. The molecule has 7 nitrogen and oxygen atoms in total. The molecule has 0 saturated heterocycles. The molecule has 1 unspecified atom stereocenters. The summed E-state index contributed by atoms with van der Waals surface area (Å²) in [6.07, 6.45) is 3.66. The third-order valence-electron chi connectivity index (χ3n) is 2.82. The number of aromatic amines is 1. The highest BCUT2D eigenvalue weighted by Crippen LogP contribution is 2.21. The van der Waals surface area contributed by atoms with E-state index >= 15 is 0 Å². The number of aromatic nitrogens is 3. The van der Waals surface area contributed by atoms with Crippen LogP contribution in [0, 0.1) is 5.92 Å². The number of hydrogen-bond acceptors (Lipinski definition) is 5. The summed E-state index contributed by atoms with van der Waals surface area (Å²) in [5.74, 6) is 0.794. The third kappa shape index (κ3) is 3.17. The van der Waals surface area contributed by atoms with Crippen LogP contribution in [0.2, 0.25) is 0 Å². The summed E-state index contributed by atoms with van der Waals surface area (Å²) >= 11 is 0. The number of rotatable bonds is 5. The molecule has 0 aliphatic heterocycles. The van der Waals surface area contributed by atoms with Gasteiger partial charge < -0.3 is 20.5 Å². The van der Waals surface area contributed by atoms with Crippen molar-refractivity contribution in [3.63, 3.8) is 0 Å². The first-order chi connectivity index (χ1) is 9.47. The number of anilines is 1. The number of nitrogens with two attached hydrogens (primary N) is 1. The molecule has 0 aliphatic rings. The highest BCUT2D eigenvalue weighted by molar-refractivity contribution is 5.92. The molecule has 20 heavy (non-hydrogen) atoms. The Hall–Kier alpha value is -2.31. The first-order valence-electron chi connectivity index (χ1n) is 6.53. The minimum absolute atomic E-state index is 0.0832. The van der Waals surface area contributed by atoms with E-state index in [0.717, 1.165) is 6.42 Å². The summed E-state index contributed by atoms with van der Waals surface area (Å²) in [4.78, 5) is 22.8. The minimum Gasteiger partial charge on any atom is -0.442 e. The highest BCUT2D eigenvalue weighted by Gasteiger charge is 2.18. The number of amides is 1. The standard InChI is InChI=1S/C13H19N5O2/c1-7(2)4-8(3)17-12(19)9-5-20-13(18-9)10-11(14)16-6-15-10/h5-8H,4,14H2,1-3H3,(H,15,16)(H,17,19). The van der Waals surface area contributed by atoms with Gasteiger partial charge in [0, 0.05) is 6.04 Å². The third-order valence-corrected chi connectivity index (χ3v) is 2.82. The molecule has 0 aliphatic carbocycles. The van der Waals surface area contributed by atoms with Crippen molar-refractivity contribution in [3.05, 3.63) is 18.3 Å². The zero-order chi connectivity index (χ0) is 14.7. The summed E-state index contributed by atoms with van der Waals surface area (Å²) in [6.45, 7) is 6.18. The first-order valence-corrected chi connectivity index (χ1v) is 6.53. The van der Waals surface area contributed by atoms with E-state index in [4.69, 9.17) is 10.2 Å². The summed E-state index contributed by atoms with van der Waals surface area (Å²) in [7, 11) is 0. The molecule has 0 radical (unpaired) electrons. The molecule has 0 fully saturated rings. The van der Waals surface area contributed by atoms with Crippen LogP contribution in [0.5, 0.6) is 0 Å². The second-order valence-electron chi connectivity index (χ2n) is 5.20. The van der Waals surface area contributed by atoms with Crippen LogP contribution in [0.1, 0.15) is 37.7 Å². The van der Waals surface area contributed by atoms with Gasteiger partial charge in [0.2, 0.25) is 5.89 Å². The van der Waals surface area contributed by atoms with Crippen molar-refractivity contribution in [1.29, 1.82) is 0 Å². The van der Waals surface area contributed by atoms with Gasteiger partial charge in [-0.05, 0) is 19.3 Å². The molecule has 2 aromatic heterocycles. The molecule has 7 heteroatoms. The Morgan fingerprint density at radius 1 is 1.50 bits per heavy atom. The van der Waals surface area contributed by atoms with Crippen LogP contribution >= 0.6 is 0 Å². The predicted octanol–water partition coefficient (Wildman–Crippen LogP) is 1.81. The fourth-order valence-corrected chi connectivity index (χ4v) is 2.03. The lowest BCUT2D eigenvalue weighted by Crippen LogP contribution is -2.33. The normalized spacial score (nSPS) is 12.6. The van der Waals surface area contributed by atoms with E-state index in [1.54, 1.807) is 0 Å². The lowest BCUT2D eigenvalue weighted by Gasteiger charge is -2.14. The zero-order valence-electron chi connectivity index (χ0n) is 11.8. The first kappa shape index (κ1) is 14.1. The molecule has 4 N–H and O–H groups in total. The molecule has 0 bridgehead atoms.